The fourth-order valence-electron chi connectivity index (χ4n) is 3.80. The molecule has 1 aliphatic heterocycles. The predicted octanol–water partition coefficient (Wildman–Crippen LogP) is 5.90. The Morgan fingerprint density at radius 3 is 2.83 bits per heavy atom. The first-order valence-electron chi connectivity index (χ1n) is 9.96. The van der Waals surface area contributed by atoms with Crippen molar-refractivity contribution in [3.05, 3.63) is 58.1 Å². The number of aromatic carboxylic acids is 1. The molecular formula is C22H23FN2O2S2. The molecule has 1 atom stereocenters. The van der Waals surface area contributed by atoms with Crippen molar-refractivity contribution in [2.45, 2.75) is 44.4 Å². The number of carboxylic acids is 1. The minimum Gasteiger partial charge on any atom is -0.477 e. The zero-order chi connectivity index (χ0) is 20.2. The summed E-state index contributed by atoms with van der Waals surface area (Å²) in [6.07, 6.45) is 6.28. The second-order valence-electron chi connectivity index (χ2n) is 7.41. The molecule has 7 heteroatoms. The summed E-state index contributed by atoms with van der Waals surface area (Å²) in [6, 6.07) is 7.97. The number of nitrogens with zero attached hydrogens (tertiary/aromatic N) is 2. The Balaban J connectivity index is 1.66. The van der Waals surface area contributed by atoms with E-state index < -0.39 is 5.97 Å². The van der Waals surface area contributed by atoms with Crippen molar-refractivity contribution in [3.63, 3.8) is 0 Å². The van der Waals surface area contributed by atoms with Crippen molar-refractivity contribution in [2.75, 3.05) is 11.5 Å². The van der Waals surface area contributed by atoms with E-state index >= 15 is 0 Å². The van der Waals surface area contributed by atoms with Crippen LogP contribution >= 0.6 is 23.1 Å². The van der Waals surface area contributed by atoms with Gasteiger partial charge in [-0.05, 0) is 67.0 Å². The Morgan fingerprint density at radius 2 is 1.97 bits per heavy atom. The van der Waals surface area contributed by atoms with Crippen molar-refractivity contribution in [1.29, 1.82) is 0 Å². The van der Waals surface area contributed by atoms with Gasteiger partial charge in [-0.1, -0.05) is 12.5 Å². The van der Waals surface area contributed by atoms with E-state index in [0.717, 1.165) is 33.6 Å². The Bertz CT molecular complexity index is 1010. The number of hydrogen-bond donors (Lipinski definition) is 1. The first-order valence-corrected chi connectivity index (χ1v) is 11.9. The average Bonchev–Trinajstić information content (AvgIpc) is 3.16. The highest BCUT2D eigenvalue weighted by Gasteiger charge is 2.19. The molecule has 2 aromatic heterocycles. The second-order valence-corrected chi connectivity index (χ2v) is 9.69. The van der Waals surface area contributed by atoms with E-state index in [2.05, 4.69) is 4.98 Å². The average molecular weight is 431 g/mol. The number of rotatable bonds is 4. The van der Waals surface area contributed by atoms with Crippen LogP contribution in [0.4, 0.5) is 4.39 Å². The molecule has 4 nitrogen and oxygen atoms in total. The molecule has 1 saturated heterocycles. The zero-order valence-corrected chi connectivity index (χ0v) is 17.7. The maximum absolute atomic E-state index is 14.3. The maximum Gasteiger partial charge on any atom is 0.354 e. The molecule has 1 N–H and O–H groups in total. The summed E-state index contributed by atoms with van der Waals surface area (Å²) >= 11 is 3.64. The lowest BCUT2D eigenvalue weighted by atomic mass is 9.98. The van der Waals surface area contributed by atoms with Crippen molar-refractivity contribution in [3.8, 4) is 0 Å². The molecule has 29 heavy (non-hydrogen) atoms. The summed E-state index contributed by atoms with van der Waals surface area (Å²) in [7, 11) is 0. The lowest BCUT2D eigenvalue weighted by Crippen LogP contribution is -2.03. The third-order valence-corrected chi connectivity index (χ3v) is 7.55. The molecule has 1 aromatic carbocycles. The molecule has 4 rings (SSSR count). The second kappa shape index (κ2) is 9.22. The molecule has 0 spiro atoms. The largest absolute Gasteiger partial charge is 0.477 e. The van der Waals surface area contributed by atoms with E-state index in [1.807, 2.05) is 11.8 Å². The van der Waals surface area contributed by atoms with Crippen molar-refractivity contribution in [2.24, 2.45) is 0 Å². The fourth-order valence-corrected chi connectivity index (χ4v) is 5.99. The molecule has 0 amide bonds. The molecule has 1 fully saturated rings. The third kappa shape index (κ3) is 4.95. The SMILES string of the molecule is O=C(O)c1cccc(Cc2cc(F)cc3sc(C4CCCCSCCC4)nc23)n1. The number of halogens is 1. The minimum atomic E-state index is -1.06. The number of hydrogen-bond acceptors (Lipinski definition) is 5. The molecule has 1 unspecified atom stereocenters. The molecule has 0 radical (unpaired) electrons. The number of thiazole rings is 1. The number of thioether (sulfide) groups is 1. The topological polar surface area (TPSA) is 63.1 Å². The number of benzene rings is 1. The normalized spacial score (nSPS) is 18.2. The van der Waals surface area contributed by atoms with Crippen LogP contribution in [0.15, 0.2) is 30.3 Å². The molecule has 0 aliphatic carbocycles. The van der Waals surface area contributed by atoms with Crippen LogP contribution in [0.5, 0.6) is 0 Å². The van der Waals surface area contributed by atoms with Gasteiger partial charge in [-0.15, -0.1) is 11.3 Å². The molecule has 0 saturated carbocycles. The highest BCUT2D eigenvalue weighted by molar-refractivity contribution is 7.99. The van der Waals surface area contributed by atoms with Crippen LogP contribution < -0.4 is 0 Å². The summed E-state index contributed by atoms with van der Waals surface area (Å²) in [4.78, 5) is 20.3. The standard InChI is InChI=1S/C22H23FN2O2S2/c23-16-11-15(12-17-7-3-8-18(24-17)22(26)27)20-19(13-16)29-21(25-20)14-5-1-2-9-28-10-4-6-14/h3,7-8,11,13-14H,1-2,4-6,9-10,12H2,(H,26,27). The van der Waals surface area contributed by atoms with Crippen LogP contribution in [0, 0.1) is 5.82 Å². The number of carbonyl (C=O) groups is 1. The van der Waals surface area contributed by atoms with E-state index in [1.165, 1.54) is 42.9 Å². The van der Waals surface area contributed by atoms with Gasteiger partial charge < -0.3 is 5.11 Å². The number of aromatic nitrogens is 2. The van der Waals surface area contributed by atoms with Gasteiger partial charge in [0.05, 0.1) is 15.2 Å². The van der Waals surface area contributed by atoms with Gasteiger partial charge in [0, 0.05) is 18.0 Å². The molecule has 3 heterocycles. The van der Waals surface area contributed by atoms with E-state index in [1.54, 1.807) is 29.5 Å². The highest BCUT2D eigenvalue weighted by atomic mass is 32.2. The van der Waals surface area contributed by atoms with Gasteiger partial charge >= 0.3 is 5.97 Å². The number of carboxylic acid groups (broad SMARTS) is 1. The summed E-state index contributed by atoms with van der Waals surface area (Å²) in [5, 5.41) is 10.3. The van der Waals surface area contributed by atoms with Crippen molar-refractivity contribution >= 4 is 39.3 Å². The van der Waals surface area contributed by atoms with E-state index in [0.29, 0.717) is 18.0 Å². The van der Waals surface area contributed by atoms with E-state index in [9.17, 15) is 9.18 Å². The Kier molecular flexibility index (Phi) is 6.45. The summed E-state index contributed by atoms with van der Waals surface area (Å²) < 4.78 is 15.2. The van der Waals surface area contributed by atoms with Crippen molar-refractivity contribution < 1.29 is 14.3 Å². The molecular weight excluding hydrogens is 407 g/mol. The minimum absolute atomic E-state index is 0.00225. The Morgan fingerprint density at radius 1 is 1.14 bits per heavy atom. The Labute approximate surface area is 177 Å². The fraction of sp³-hybridized carbons (Fsp3) is 0.409. The van der Waals surface area contributed by atoms with Gasteiger partial charge in [-0.25, -0.2) is 19.2 Å². The first-order chi connectivity index (χ1) is 14.1. The predicted molar refractivity (Wildman–Crippen MR) is 117 cm³/mol. The van der Waals surface area contributed by atoms with Gasteiger partial charge in [-0.2, -0.15) is 11.8 Å². The summed E-state index contributed by atoms with van der Waals surface area (Å²) in [5.74, 6) is 1.53. The molecule has 3 aromatic rings. The lowest BCUT2D eigenvalue weighted by molar-refractivity contribution is 0.0690. The van der Waals surface area contributed by atoms with Gasteiger partial charge in [0.15, 0.2) is 0 Å². The summed E-state index contributed by atoms with van der Waals surface area (Å²) in [6.45, 7) is 0. The third-order valence-electron chi connectivity index (χ3n) is 5.23. The van der Waals surface area contributed by atoms with Gasteiger partial charge in [0.1, 0.15) is 11.5 Å². The smallest absolute Gasteiger partial charge is 0.354 e. The highest BCUT2D eigenvalue weighted by Crippen LogP contribution is 2.36. The van der Waals surface area contributed by atoms with E-state index in [-0.39, 0.29) is 11.5 Å². The van der Waals surface area contributed by atoms with Crippen LogP contribution in [0.3, 0.4) is 0 Å². The van der Waals surface area contributed by atoms with Crippen LogP contribution in [-0.2, 0) is 6.42 Å². The molecule has 152 valence electrons. The molecule has 0 bridgehead atoms. The van der Waals surface area contributed by atoms with E-state index in [4.69, 9.17) is 10.1 Å². The Hall–Kier alpha value is -1.99. The molecule has 1 aliphatic rings. The van der Waals surface area contributed by atoms with Crippen LogP contribution in [0.25, 0.3) is 10.2 Å². The van der Waals surface area contributed by atoms with Crippen LogP contribution in [-0.4, -0.2) is 32.5 Å². The first kappa shape index (κ1) is 20.3. The number of pyridine rings is 1. The van der Waals surface area contributed by atoms with Gasteiger partial charge in [0.25, 0.3) is 0 Å². The lowest BCUT2D eigenvalue weighted by Gasteiger charge is -2.12. The maximum atomic E-state index is 14.3. The quantitative estimate of drug-likeness (QED) is 0.558. The summed E-state index contributed by atoms with van der Waals surface area (Å²) in [5.41, 5.74) is 2.18. The number of fused-ring (bicyclic) bond motifs is 1. The van der Waals surface area contributed by atoms with Crippen LogP contribution in [0.2, 0.25) is 0 Å². The van der Waals surface area contributed by atoms with Gasteiger partial charge in [-0.3, -0.25) is 0 Å². The monoisotopic (exact) mass is 430 g/mol. The van der Waals surface area contributed by atoms with Crippen molar-refractivity contribution in [1.82, 2.24) is 9.97 Å². The van der Waals surface area contributed by atoms with Gasteiger partial charge in [0.2, 0.25) is 0 Å². The zero-order valence-electron chi connectivity index (χ0n) is 16.1. The van der Waals surface area contributed by atoms with Crippen LogP contribution in [0.1, 0.15) is 64.8 Å².